The maximum atomic E-state index is 11.9. The second-order valence-electron chi connectivity index (χ2n) is 4.00. The molecule has 0 saturated carbocycles. The van der Waals surface area contributed by atoms with E-state index in [1.165, 1.54) is 11.3 Å². The summed E-state index contributed by atoms with van der Waals surface area (Å²) in [6.45, 7) is 5.17. The van der Waals surface area contributed by atoms with E-state index in [0.29, 0.717) is 24.0 Å². The van der Waals surface area contributed by atoms with Crippen molar-refractivity contribution in [3.63, 3.8) is 0 Å². The molecule has 7 heteroatoms. The van der Waals surface area contributed by atoms with E-state index >= 15 is 0 Å². The number of nitrogens with zero attached hydrogens (tertiary/aromatic N) is 2. The third-order valence-electron chi connectivity index (χ3n) is 2.78. The van der Waals surface area contributed by atoms with Gasteiger partial charge in [0.2, 0.25) is 0 Å². The van der Waals surface area contributed by atoms with Gasteiger partial charge in [-0.1, -0.05) is 11.6 Å². The van der Waals surface area contributed by atoms with Gasteiger partial charge in [0.25, 0.3) is 0 Å². The van der Waals surface area contributed by atoms with E-state index in [1.807, 2.05) is 6.92 Å². The quantitative estimate of drug-likeness (QED) is 0.842. The first-order valence-electron chi connectivity index (χ1n) is 5.92. The minimum absolute atomic E-state index is 0.174. The van der Waals surface area contributed by atoms with Crippen molar-refractivity contribution in [3.05, 3.63) is 15.5 Å². The number of rotatable bonds is 4. The molecular formula is C11H16ClN3O2S. The zero-order valence-corrected chi connectivity index (χ0v) is 11.8. The van der Waals surface area contributed by atoms with Crippen molar-refractivity contribution in [2.45, 2.75) is 19.5 Å². The van der Waals surface area contributed by atoms with Crippen LogP contribution in [-0.4, -0.2) is 48.1 Å². The Balaban J connectivity index is 2.01. The molecule has 1 atom stereocenters. The molecule has 1 fully saturated rings. The summed E-state index contributed by atoms with van der Waals surface area (Å²) in [5.41, 5.74) is 0. The lowest BCUT2D eigenvalue weighted by Gasteiger charge is -2.33. The van der Waals surface area contributed by atoms with Gasteiger partial charge in [-0.3, -0.25) is 9.69 Å². The van der Waals surface area contributed by atoms with Crippen molar-refractivity contribution in [1.82, 2.24) is 15.2 Å². The maximum Gasteiger partial charge on any atom is 0.324 e. The lowest BCUT2D eigenvalue weighted by atomic mass is 10.2. The van der Waals surface area contributed by atoms with Gasteiger partial charge in [0.15, 0.2) is 0 Å². The molecule has 18 heavy (non-hydrogen) atoms. The number of aromatic nitrogens is 1. The molecule has 1 aliphatic rings. The average molecular weight is 290 g/mol. The number of carbonyl (C=O) groups excluding carboxylic acids is 1. The summed E-state index contributed by atoms with van der Waals surface area (Å²) in [5, 5.41) is 4.14. The Labute approximate surface area is 115 Å². The highest BCUT2D eigenvalue weighted by molar-refractivity contribution is 7.15. The van der Waals surface area contributed by atoms with E-state index in [9.17, 15) is 4.79 Å². The number of piperazine rings is 1. The molecule has 100 valence electrons. The molecule has 0 spiro atoms. The van der Waals surface area contributed by atoms with Crippen molar-refractivity contribution < 1.29 is 9.53 Å². The molecular weight excluding hydrogens is 274 g/mol. The average Bonchev–Trinajstić information content (AvgIpc) is 2.76. The van der Waals surface area contributed by atoms with Crippen LogP contribution in [-0.2, 0) is 16.1 Å². The molecule has 1 aromatic heterocycles. The predicted octanol–water partition coefficient (Wildman–Crippen LogP) is 1.13. The fourth-order valence-electron chi connectivity index (χ4n) is 1.94. The molecule has 2 heterocycles. The number of nitrogens with one attached hydrogen (secondary N) is 1. The van der Waals surface area contributed by atoms with Gasteiger partial charge in [-0.15, -0.1) is 11.3 Å². The van der Waals surface area contributed by atoms with Crippen molar-refractivity contribution in [2.24, 2.45) is 0 Å². The maximum absolute atomic E-state index is 11.9. The van der Waals surface area contributed by atoms with Crippen LogP contribution in [0.3, 0.4) is 0 Å². The summed E-state index contributed by atoms with van der Waals surface area (Å²) in [6, 6.07) is -0.235. The van der Waals surface area contributed by atoms with Crippen LogP contribution in [0.1, 0.15) is 11.9 Å². The minimum atomic E-state index is -0.235. The molecule has 0 aliphatic carbocycles. The highest BCUT2D eigenvalue weighted by Crippen LogP contribution is 2.21. The molecule has 0 radical (unpaired) electrons. The molecule has 1 aliphatic heterocycles. The van der Waals surface area contributed by atoms with Gasteiger partial charge in [-0.25, -0.2) is 4.98 Å². The minimum Gasteiger partial charge on any atom is -0.465 e. The Morgan fingerprint density at radius 2 is 2.61 bits per heavy atom. The van der Waals surface area contributed by atoms with Gasteiger partial charge in [0.1, 0.15) is 15.4 Å². The van der Waals surface area contributed by atoms with Gasteiger partial charge in [0, 0.05) is 19.6 Å². The molecule has 2 rings (SSSR count). The number of hydrogen-bond acceptors (Lipinski definition) is 6. The van der Waals surface area contributed by atoms with Crippen LogP contribution in [0.25, 0.3) is 0 Å². The van der Waals surface area contributed by atoms with E-state index in [4.69, 9.17) is 16.3 Å². The lowest BCUT2D eigenvalue weighted by Crippen LogP contribution is -2.54. The number of esters is 1. The Hall–Kier alpha value is -0.690. The van der Waals surface area contributed by atoms with Crippen LogP contribution in [0.4, 0.5) is 0 Å². The molecule has 0 amide bonds. The van der Waals surface area contributed by atoms with Crippen molar-refractivity contribution in [2.75, 3.05) is 26.2 Å². The van der Waals surface area contributed by atoms with E-state index in [0.717, 1.165) is 18.1 Å². The molecule has 1 N–H and O–H groups in total. The van der Waals surface area contributed by atoms with E-state index in [1.54, 1.807) is 6.20 Å². The SMILES string of the molecule is CCOC(=O)C1CNCCN1Cc1ncc(Cl)s1. The van der Waals surface area contributed by atoms with E-state index in [-0.39, 0.29) is 12.0 Å². The van der Waals surface area contributed by atoms with Crippen LogP contribution >= 0.6 is 22.9 Å². The Bertz CT molecular complexity index is 413. The lowest BCUT2D eigenvalue weighted by molar-refractivity contribution is -0.150. The summed E-state index contributed by atoms with van der Waals surface area (Å²) >= 11 is 7.31. The Morgan fingerprint density at radius 1 is 1.78 bits per heavy atom. The molecule has 1 saturated heterocycles. The summed E-state index contributed by atoms with van der Waals surface area (Å²) in [4.78, 5) is 18.2. The monoisotopic (exact) mass is 289 g/mol. The topological polar surface area (TPSA) is 54.5 Å². The second-order valence-corrected chi connectivity index (χ2v) is 5.75. The standard InChI is InChI=1S/C11H16ClN3O2S/c1-2-17-11(16)8-5-13-3-4-15(8)7-10-14-6-9(12)18-10/h6,8,13H,2-5,7H2,1H3. The number of halogens is 1. The largest absolute Gasteiger partial charge is 0.465 e. The fraction of sp³-hybridized carbons (Fsp3) is 0.636. The van der Waals surface area contributed by atoms with E-state index in [2.05, 4.69) is 15.2 Å². The zero-order chi connectivity index (χ0) is 13.0. The Morgan fingerprint density at radius 3 is 3.28 bits per heavy atom. The summed E-state index contributed by atoms with van der Waals surface area (Å²) in [5.74, 6) is -0.174. The number of carbonyl (C=O) groups is 1. The van der Waals surface area contributed by atoms with Crippen LogP contribution in [0, 0.1) is 0 Å². The van der Waals surface area contributed by atoms with Gasteiger partial charge >= 0.3 is 5.97 Å². The fourth-order valence-corrected chi connectivity index (χ4v) is 2.92. The third-order valence-corrected chi connectivity index (χ3v) is 3.88. The van der Waals surface area contributed by atoms with Crippen molar-refractivity contribution in [1.29, 1.82) is 0 Å². The first-order valence-corrected chi connectivity index (χ1v) is 7.11. The smallest absolute Gasteiger partial charge is 0.324 e. The number of hydrogen-bond donors (Lipinski definition) is 1. The van der Waals surface area contributed by atoms with Gasteiger partial charge in [-0.05, 0) is 6.92 Å². The van der Waals surface area contributed by atoms with Crippen LogP contribution in [0.15, 0.2) is 6.20 Å². The highest BCUT2D eigenvalue weighted by atomic mass is 35.5. The van der Waals surface area contributed by atoms with E-state index < -0.39 is 0 Å². The van der Waals surface area contributed by atoms with Gasteiger partial charge in [-0.2, -0.15) is 0 Å². The highest BCUT2D eigenvalue weighted by Gasteiger charge is 2.30. The first kappa shape index (κ1) is 13.7. The first-order chi connectivity index (χ1) is 8.70. The Kier molecular flexibility index (Phi) is 4.94. The molecule has 5 nitrogen and oxygen atoms in total. The summed E-state index contributed by atoms with van der Waals surface area (Å²) in [7, 11) is 0. The normalized spacial score (nSPS) is 20.9. The predicted molar refractivity (Wildman–Crippen MR) is 70.8 cm³/mol. The third kappa shape index (κ3) is 3.41. The van der Waals surface area contributed by atoms with Gasteiger partial charge in [0.05, 0.1) is 19.3 Å². The number of thiazole rings is 1. The molecule has 0 aromatic carbocycles. The van der Waals surface area contributed by atoms with Crippen molar-refractivity contribution >= 4 is 28.9 Å². The number of ether oxygens (including phenoxy) is 1. The van der Waals surface area contributed by atoms with Gasteiger partial charge < -0.3 is 10.1 Å². The van der Waals surface area contributed by atoms with Crippen LogP contribution in [0.2, 0.25) is 4.34 Å². The summed E-state index contributed by atoms with van der Waals surface area (Å²) in [6.07, 6.45) is 1.64. The van der Waals surface area contributed by atoms with Crippen molar-refractivity contribution in [3.8, 4) is 0 Å². The molecule has 0 bridgehead atoms. The zero-order valence-electron chi connectivity index (χ0n) is 10.2. The second kappa shape index (κ2) is 6.47. The van der Waals surface area contributed by atoms with Crippen LogP contribution < -0.4 is 5.32 Å². The summed E-state index contributed by atoms with van der Waals surface area (Å²) < 4.78 is 5.76. The molecule has 1 unspecified atom stereocenters. The molecule has 1 aromatic rings. The van der Waals surface area contributed by atoms with Crippen LogP contribution in [0.5, 0.6) is 0 Å².